The van der Waals surface area contributed by atoms with E-state index in [2.05, 4.69) is 22.1 Å². The van der Waals surface area contributed by atoms with Gasteiger partial charge in [-0.15, -0.1) is 0 Å². The maximum atomic E-state index is 11.8. The monoisotopic (exact) mass is 324 g/mol. The number of carboxylic acid groups (broad SMARTS) is 1. The Hall–Kier alpha value is -3.33. The lowest BCUT2D eigenvalue weighted by molar-refractivity contribution is -0.135. The van der Waals surface area contributed by atoms with Gasteiger partial charge in [-0.1, -0.05) is 29.5 Å². The second-order valence-electron chi connectivity index (χ2n) is 5.18. The SMILES string of the molecule is Cc1ccc(C#Cc2cc(O)c(C(=O)NCC(=O)O)nc2C)cc1. The van der Waals surface area contributed by atoms with E-state index < -0.39 is 18.4 Å². The molecular formula is C18H16N2O4. The zero-order valence-corrected chi connectivity index (χ0v) is 13.3. The van der Waals surface area contributed by atoms with Gasteiger partial charge >= 0.3 is 5.97 Å². The first-order valence-electron chi connectivity index (χ1n) is 7.16. The molecule has 0 saturated carbocycles. The average molecular weight is 324 g/mol. The number of hydrogen-bond acceptors (Lipinski definition) is 4. The minimum Gasteiger partial charge on any atom is -0.505 e. The number of carbonyl (C=O) groups excluding carboxylic acids is 1. The number of pyridine rings is 1. The first-order valence-corrected chi connectivity index (χ1v) is 7.16. The Morgan fingerprint density at radius 3 is 2.46 bits per heavy atom. The van der Waals surface area contributed by atoms with Gasteiger partial charge in [0.2, 0.25) is 0 Å². The van der Waals surface area contributed by atoms with E-state index in [1.807, 2.05) is 31.2 Å². The van der Waals surface area contributed by atoms with Gasteiger partial charge in [-0.25, -0.2) is 4.98 Å². The Morgan fingerprint density at radius 2 is 1.83 bits per heavy atom. The van der Waals surface area contributed by atoms with Gasteiger partial charge < -0.3 is 15.5 Å². The molecule has 1 aromatic heterocycles. The molecule has 3 N–H and O–H groups in total. The van der Waals surface area contributed by atoms with Crippen molar-refractivity contribution in [1.82, 2.24) is 10.3 Å². The van der Waals surface area contributed by atoms with Gasteiger partial charge in [0, 0.05) is 11.1 Å². The molecule has 0 atom stereocenters. The zero-order valence-electron chi connectivity index (χ0n) is 13.3. The standard InChI is InChI=1S/C18H16N2O4/c1-11-3-5-13(6-4-11)7-8-14-9-15(21)17(20-12(14)2)18(24)19-10-16(22)23/h3-6,9,21H,10H2,1-2H3,(H,19,24)(H,22,23). The largest absolute Gasteiger partial charge is 0.505 e. The van der Waals surface area contributed by atoms with Crippen LogP contribution in [0.1, 0.15) is 32.9 Å². The van der Waals surface area contributed by atoms with E-state index in [4.69, 9.17) is 5.11 Å². The van der Waals surface area contributed by atoms with Crippen molar-refractivity contribution in [3.63, 3.8) is 0 Å². The molecule has 0 aliphatic heterocycles. The molecule has 0 saturated heterocycles. The number of benzene rings is 1. The van der Waals surface area contributed by atoms with Crippen LogP contribution in [0.15, 0.2) is 30.3 Å². The molecular weight excluding hydrogens is 308 g/mol. The number of carboxylic acids is 1. The highest BCUT2D eigenvalue weighted by Gasteiger charge is 2.15. The van der Waals surface area contributed by atoms with E-state index in [9.17, 15) is 14.7 Å². The summed E-state index contributed by atoms with van der Waals surface area (Å²) in [5, 5.41) is 20.7. The lowest BCUT2D eigenvalue weighted by Gasteiger charge is -2.06. The quantitative estimate of drug-likeness (QED) is 0.745. The number of carbonyl (C=O) groups is 2. The summed E-state index contributed by atoms with van der Waals surface area (Å²) in [6.07, 6.45) is 0. The Labute approximate surface area is 139 Å². The van der Waals surface area contributed by atoms with Crippen molar-refractivity contribution in [3.8, 4) is 17.6 Å². The summed E-state index contributed by atoms with van der Waals surface area (Å²) in [6, 6.07) is 9.02. The summed E-state index contributed by atoms with van der Waals surface area (Å²) in [5.74, 6) is 3.59. The minimum atomic E-state index is -1.18. The Kier molecular flexibility index (Phi) is 5.17. The number of amides is 1. The average Bonchev–Trinajstić information content (AvgIpc) is 2.54. The third kappa shape index (κ3) is 4.34. The highest BCUT2D eigenvalue weighted by molar-refractivity contribution is 5.96. The molecule has 1 aromatic carbocycles. The fourth-order valence-electron chi connectivity index (χ4n) is 1.90. The molecule has 1 heterocycles. The number of aromatic hydroxyl groups is 1. The fraction of sp³-hybridized carbons (Fsp3) is 0.167. The number of nitrogens with one attached hydrogen (secondary N) is 1. The van der Waals surface area contributed by atoms with Crippen LogP contribution in [0.25, 0.3) is 0 Å². The second-order valence-corrected chi connectivity index (χ2v) is 5.18. The van der Waals surface area contributed by atoms with Crippen LogP contribution in [0.3, 0.4) is 0 Å². The number of aromatic nitrogens is 1. The van der Waals surface area contributed by atoms with Crippen LogP contribution in [0.5, 0.6) is 5.75 Å². The lowest BCUT2D eigenvalue weighted by atomic mass is 10.1. The molecule has 0 unspecified atom stereocenters. The number of aliphatic carboxylic acids is 1. The van der Waals surface area contributed by atoms with E-state index in [-0.39, 0.29) is 11.4 Å². The van der Waals surface area contributed by atoms with Crippen molar-refractivity contribution in [3.05, 3.63) is 58.4 Å². The molecule has 6 heteroatoms. The normalized spacial score (nSPS) is 9.75. The van der Waals surface area contributed by atoms with Crippen molar-refractivity contribution in [2.75, 3.05) is 6.54 Å². The van der Waals surface area contributed by atoms with Crippen LogP contribution < -0.4 is 5.32 Å². The molecule has 24 heavy (non-hydrogen) atoms. The van der Waals surface area contributed by atoms with Crippen LogP contribution >= 0.6 is 0 Å². The zero-order chi connectivity index (χ0) is 17.7. The van der Waals surface area contributed by atoms with Crippen molar-refractivity contribution in [2.45, 2.75) is 13.8 Å². The van der Waals surface area contributed by atoms with Gasteiger partial charge in [-0.05, 0) is 32.0 Å². The summed E-state index contributed by atoms with van der Waals surface area (Å²) in [4.78, 5) is 26.3. The maximum Gasteiger partial charge on any atom is 0.322 e. The first-order chi connectivity index (χ1) is 11.4. The van der Waals surface area contributed by atoms with Crippen molar-refractivity contribution < 1.29 is 19.8 Å². The van der Waals surface area contributed by atoms with Gasteiger partial charge in [0.25, 0.3) is 5.91 Å². The van der Waals surface area contributed by atoms with Gasteiger partial charge in [0.1, 0.15) is 12.3 Å². The smallest absolute Gasteiger partial charge is 0.322 e. The molecule has 0 fully saturated rings. The Bertz CT molecular complexity index is 846. The summed E-state index contributed by atoms with van der Waals surface area (Å²) >= 11 is 0. The third-order valence-electron chi connectivity index (χ3n) is 3.20. The predicted octanol–water partition coefficient (Wildman–Crippen LogP) is 1.62. The van der Waals surface area contributed by atoms with Crippen LogP contribution in [0, 0.1) is 25.7 Å². The van der Waals surface area contributed by atoms with Crippen LogP contribution in [-0.2, 0) is 4.79 Å². The number of aryl methyl sites for hydroxylation is 2. The van der Waals surface area contributed by atoms with E-state index in [1.54, 1.807) is 6.92 Å². The Morgan fingerprint density at radius 1 is 1.17 bits per heavy atom. The molecule has 0 radical (unpaired) electrons. The number of nitrogens with zero attached hydrogens (tertiary/aromatic N) is 1. The molecule has 1 amide bonds. The lowest BCUT2D eigenvalue weighted by Crippen LogP contribution is -2.30. The maximum absolute atomic E-state index is 11.8. The second kappa shape index (κ2) is 7.29. The fourth-order valence-corrected chi connectivity index (χ4v) is 1.90. The number of hydrogen-bond donors (Lipinski definition) is 3. The van der Waals surface area contributed by atoms with Gasteiger partial charge in [-0.3, -0.25) is 9.59 Å². The van der Waals surface area contributed by atoms with Crippen molar-refractivity contribution >= 4 is 11.9 Å². The van der Waals surface area contributed by atoms with E-state index >= 15 is 0 Å². The van der Waals surface area contributed by atoms with E-state index in [0.717, 1.165) is 11.1 Å². The molecule has 2 rings (SSSR count). The highest BCUT2D eigenvalue weighted by atomic mass is 16.4. The molecule has 0 bridgehead atoms. The van der Waals surface area contributed by atoms with Gasteiger partial charge in [0.05, 0.1) is 5.69 Å². The Balaban J connectivity index is 2.25. The topological polar surface area (TPSA) is 99.5 Å². The molecule has 2 aromatic rings. The molecule has 122 valence electrons. The molecule has 6 nitrogen and oxygen atoms in total. The minimum absolute atomic E-state index is 0.227. The molecule has 0 aliphatic carbocycles. The van der Waals surface area contributed by atoms with Gasteiger partial charge in [-0.2, -0.15) is 0 Å². The predicted molar refractivity (Wildman–Crippen MR) is 87.8 cm³/mol. The van der Waals surface area contributed by atoms with Crippen molar-refractivity contribution in [1.29, 1.82) is 0 Å². The molecule has 0 aliphatic rings. The van der Waals surface area contributed by atoms with Crippen LogP contribution in [0.2, 0.25) is 0 Å². The summed E-state index contributed by atoms with van der Waals surface area (Å²) in [6.45, 7) is 3.10. The third-order valence-corrected chi connectivity index (χ3v) is 3.20. The molecule has 0 spiro atoms. The highest BCUT2D eigenvalue weighted by Crippen LogP contribution is 2.18. The number of rotatable bonds is 3. The first kappa shape index (κ1) is 17.0. The summed E-state index contributed by atoms with van der Waals surface area (Å²) in [5.41, 5.74) is 2.68. The van der Waals surface area contributed by atoms with Crippen LogP contribution in [-0.4, -0.2) is 33.6 Å². The van der Waals surface area contributed by atoms with Crippen LogP contribution in [0.4, 0.5) is 0 Å². The summed E-state index contributed by atoms with van der Waals surface area (Å²) < 4.78 is 0. The summed E-state index contributed by atoms with van der Waals surface area (Å²) in [7, 11) is 0. The van der Waals surface area contributed by atoms with E-state index in [0.29, 0.717) is 11.3 Å². The van der Waals surface area contributed by atoms with E-state index in [1.165, 1.54) is 6.07 Å². The van der Waals surface area contributed by atoms with Gasteiger partial charge in [0.15, 0.2) is 5.69 Å². The van der Waals surface area contributed by atoms with Crippen molar-refractivity contribution in [2.24, 2.45) is 0 Å².